The van der Waals surface area contributed by atoms with Crippen molar-refractivity contribution >= 4 is 11.3 Å². The lowest BCUT2D eigenvalue weighted by molar-refractivity contribution is -0.266. The molecule has 0 fully saturated rings. The minimum absolute atomic E-state index is 0.262. The number of rotatable bonds is 5. The summed E-state index contributed by atoms with van der Waals surface area (Å²) < 4.78 is 59.9. The van der Waals surface area contributed by atoms with Crippen LogP contribution >= 0.6 is 11.3 Å². The van der Waals surface area contributed by atoms with E-state index >= 15 is 0 Å². The summed E-state index contributed by atoms with van der Waals surface area (Å²) in [6.07, 6.45) is -4.86. The summed E-state index contributed by atoms with van der Waals surface area (Å²) >= 11 is 1.12. The van der Waals surface area contributed by atoms with Crippen LogP contribution in [-0.2, 0) is 5.41 Å². The first-order valence-electron chi connectivity index (χ1n) is 7.59. The molecule has 0 saturated carbocycles. The van der Waals surface area contributed by atoms with Crippen molar-refractivity contribution in [3.8, 4) is 5.75 Å². The fourth-order valence-electron chi connectivity index (χ4n) is 3.29. The lowest BCUT2D eigenvalue weighted by Gasteiger charge is -2.44. The van der Waals surface area contributed by atoms with Gasteiger partial charge in [0.1, 0.15) is 11.6 Å². The molecule has 25 heavy (non-hydrogen) atoms. The Kier molecular flexibility index (Phi) is 5.21. The molecule has 7 heteroatoms. The predicted molar refractivity (Wildman–Crippen MR) is 89.7 cm³/mol. The second-order valence-electron chi connectivity index (χ2n) is 6.66. The zero-order valence-corrected chi connectivity index (χ0v) is 15.1. The highest BCUT2D eigenvalue weighted by Crippen LogP contribution is 2.53. The molecule has 1 aromatic carbocycles. The number of thiophene rings is 1. The Hall–Kier alpha value is -1.60. The van der Waals surface area contributed by atoms with Gasteiger partial charge in [0.2, 0.25) is 0 Å². The molecule has 0 aliphatic carbocycles. The van der Waals surface area contributed by atoms with Gasteiger partial charge in [0.05, 0.1) is 7.11 Å². The van der Waals surface area contributed by atoms with Crippen molar-refractivity contribution in [2.45, 2.75) is 43.9 Å². The van der Waals surface area contributed by atoms with Crippen molar-refractivity contribution in [2.75, 3.05) is 7.11 Å². The average molecular weight is 376 g/mol. The summed E-state index contributed by atoms with van der Waals surface area (Å²) in [6.45, 7) is 3.86. The molecule has 0 spiro atoms. The van der Waals surface area contributed by atoms with Crippen LogP contribution in [0.3, 0.4) is 0 Å². The number of ether oxygens (including phenoxy) is 1. The van der Waals surface area contributed by atoms with E-state index in [2.05, 4.69) is 0 Å². The Balaban J connectivity index is 2.71. The Bertz CT molecular complexity index is 721. The Morgan fingerprint density at radius 2 is 1.76 bits per heavy atom. The SMILES string of the molecule is COc1ccc(F)cc1C(C)(C)C(c1cccs1)C(C)(O)C(F)(F)F. The number of hydrogen-bond acceptors (Lipinski definition) is 3. The van der Waals surface area contributed by atoms with Crippen LogP contribution in [0.15, 0.2) is 35.7 Å². The van der Waals surface area contributed by atoms with Crippen LogP contribution in [0.4, 0.5) is 17.6 Å². The van der Waals surface area contributed by atoms with Crippen LogP contribution in [0, 0.1) is 5.82 Å². The molecular weight excluding hydrogens is 356 g/mol. The molecule has 0 bridgehead atoms. The summed E-state index contributed by atoms with van der Waals surface area (Å²) in [4.78, 5) is 0.360. The van der Waals surface area contributed by atoms with Crippen LogP contribution in [0.1, 0.15) is 37.1 Å². The highest BCUT2D eigenvalue weighted by Gasteiger charge is 2.60. The molecule has 0 radical (unpaired) electrons. The maximum absolute atomic E-state index is 13.8. The summed E-state index contributed by atoms with van der Waals surface area (Å²) in [6, 6.07) is 6.88. The van der Waals surface area contributed by atoms with Gasteiger partial charge in [-0.15, -0.1) is 11.3 Å². The topological polar surface area (TPSA) is 29.5 Å². The number of methoxy groups -OCH3 is 1. The fourth-order valence-corrected chi connectivity index (χ4v) is 4.43. The highest BCUT2D eigenvalue weighted by molar-refractivity contribution is 7.10. The standard InChI is InChI=1S/C18H20F4O2S/c1-16(2,12-10-11(19)7-8-13(12)24-4)15(14-6-5-9-25-14)17(3,23)18(20,21)22/h5-10,15,23H,1-4H3. The molecule has 0 amide bonds. The van der Waals surface area contributed by atoms with Crippen LogP contribution < -0.4 is 4.74 Å². The molecule has 2 rings (SSSR count). The third-order valence-electron chi connectivity index (χ3n) is 4.54. The van der Waals surface area contributed by atoms with E-state index in [0.717, 1.165) is 24.3 Å². The first-order valence-corrected chi connectivity index (χ1v) is 8.47. The van der Waals surface area contributed by atoms with E-state index in [4.69, 9.17) is 4.74 Å². The number of aliphatic hydroxyl groups is 1. The Labute approximate surface area is 148 Å². The van der Waals surface area contributed by atoms with Gasteiger partial charge < -0.3 is 9.84 Å². The monoisotopic (exact) mass is 376 g/mol. The van der Waals surface area contributed by atoms with Crippen LogP contribution in [0.2, 0.25) is 0 Å². The molecule has 0 aliphatic heterocycles. The molecule has 1 N–H and O–H groups in total. The largest absolute Gasteiger partial charge is 0.496 e. The number of benzene rings is 1. The maximum Gasteiger partial charge on any atom is 0.417 e. The van der Waals surface area contributed by atoms with Gasteiger partial charge in [-0.1, -0.05) is 19.9 Å². The number of alkyl halides is 3. The van der Waals surface area contributed by atoms with Gasteiger partial charge in [0.25, 0.3) is 0 Å². The third kappa shape index (κ3) is 3.53. The van der Waals surface area contributed by atoms with Gasteiger partial charge in [-0.3, -0.25) is 0 Å². The normalized spacial score (nSPS) is 16.4. The molecule has 2 unspecified atom stereocenters. The molecule has 1 heterocycles. The Morgan fingerprint density at radius 1 is 1.12 bits per heavy atom. The minimum Gasteiger partial charge on any atom is -0.496 e. The van der Waals surface area contributed by atoms with Crippen LogP contribution in [0.25, 0.3) is 0 Å². The van der Waals surface area contributed by atoms with Crippen molar-refractivity contribution in [1.82, 2.24) is 0 Å². The van der Waals surface area contributed by atoms with E-state index in [0.29, 0.717) is 4.88 Å². The molecular formula is C18H20F4O2S. The average Bonchev–Trinajstić information content (AvgIpc) is 2.99. The lowest BCUT2D eigenvalue weighted by Crippen LogP contribution is -2.53. The highest BCUT2D eigenvalue weighted by atomic mass is 32.1. The molecule has 2 nitrogen and oxygen atoms in total. The molecule has 0 aliphatic rings. The van der Waals surface area contributed by atoms with Gasteiger partial charge >= 0.3 is 6.18 Å². The van der Waals surface area contributed by atoms with Crippen LogP contribution in [-0.4, -0.2) is 24.0 Å². The van der Waals surface area contributed by atoms with Crippen molar-refractivity contribution in [3.05, 3.63) is 52.0 Å². The van der Waals surface area contributed by atoms with Gasteiger partial charge in [-0.05, 0) is 36.6 Å². The fraction of sp³-hybridized carbons (Fsp3) is 0.444. The first kappa shape index (κ1) is 19.7. The van der Waals surface area contributed by atoms with Gasteiger partial charge in [-0.25, -0.2) is 4.39 Å². The summed E-state index contributed by atoms with van der Waals surface area (Å²) in [5.41, 5.74) is -4.02. The predicted octanol–water partition coefficient (Wildman–Crippen LogP) is 5.27. The van der Waals surface area contributed by atoms with Crippen molar-refractivity contribution < 1.29 is 27.4 Å². The van der Waals surface area contributed by atoms with Gasteiger partial charge in [0.15, 0.2) is 5.60 Å². The smallest absolute Gasteiger partial charge is 0.417 e. The zero-order valence-electron chi connectivity index (χ0n) is 14.3. The van der Waals surface area contributed by atoms with Crippen molar-refractivity contribution in [2.24, 2.45) is 0 Å². The quantitative estimate of drug-likeness (QED) is 0.721. The molecule has 2 atom stereocenters. The van der Waals surface area contributed by atoms with E-state index in [1.54, 1.807) is 31.4 Å². The second kappa shape index (κ2) is 6.61. The summed E-state index contributed by atoms with van der Waals surface area (Å²) in [7, 11) is 1.37. The number of hydrogen-bond donors (Lipinski definition) is 1. The van der Waals surface area contributed by atoms with E-state index in [9.17, 15) is 22.7 Å². The molecule has 1 aromatic heterocycles. The summed E-state index contributed by atoms with van der Waals surface area (Å²) in [5, 5.41) is 12.1. The molecule has 138 valence electrons. The third-order valence-corrected chi connectivity index (χ3v) is 5.48. The van der Waals surface area contributed by atoms with E-state index in [-0.39, 0.29) is 11.3 Å². The lowest BCUT2D eigenvalue weighted by atomic mass is 9.65. The summed E-state index contributed by atoms with van der Waals surface area (Å²) in [5.74, 6) is -1.66. The van der Waals surface area contributed by atoms with E-state index in [1.165, 1.54) is 19.2 Å². The second-order valence-corrected chi connectivity index (χ2v) is 7.64. The Morgan fingerprint density at radius 3 is 2.24 bits per heavy atom. The van der Waals surface area contributed by atoms with Crippen LogP contribution in [0.5, 0.6) is 5.75 Å². The van der Waals surface area contributed by atoms with E-state index < -0.39 is 28.9 Å². The van der Waals surface area contributed by atoms with Gasteiger partial charge in [-0.2, -0.15) is 13.2 Å². The maximum atomic E-state index is 13.8. The zero-order chi connectivity index (χ0) is 19.0. The minimum atomic E-state index is -4.86. The first-order chi connectivity index (χ1) is 11.4. The van der Waals surface area contributed by atoms with E-state index in [1.807, 2.05) is 0 Å². The molecule has 0 saturated heterocycles. The van der Waals surface area contributed by atoms with Gasteiger partial charge in [0, 0.05) is 21.8 Å². The number of halogens is 4. The molecule has 2 aromatic rings. The van der Waals surface area contributed by atoms with Crippen molar-refractivity contribution in [3.63, 3.8) is 0 Å². The van der Waals surface area contributed by atoms with Crippen molar-refractivity contribution in [1.29, 1.82) is 0 Å².